The van der Waals surface area contributed by atoms with E-state index >= 15 is 0 Å². The van der Waals surface area contributed by atoms with Crippen LogP contribution in [0, 0.1) is 5.41 Å². The summed E-state index contributed by atoms with van der Waals surface area (Å²) < 4.78 is 0. The van der Waals surface area contributed by atoms with Crippen LogP contribution in [-0.4, -0.2) is 41.5 Å². The van der Waals surface area contributed by atoms with E-state index in [0.29, 0.717) is 11.2 Å². The van der Waals surface area contributed by atoms with Crippen molar-refractivity contribution >= 4 is 11.6 Å². The SMILES string of the molecule is CCc1c(N)ncnc1NCC1(C)CCN(C)CC1. The van der Waals surface area contributed by atoms with Gasteiger partial charge in [-0.15, -0.1) is 0 Å². The second kappa shape index (κ2) is 5.74. The predicted octanol–water partition coefficient (Wildman–Crippen LogP) is 1.77. The van der Waals surface area contributed by atoms with Gasteiger partial charge in [0.1, 0.15) is 18.0 Å². The lowest BCUT2D eigenvalue weighted by Gasteiger charge is -2.38. The molecule has 1 aliphatic rings. The van der Waals surface area contributed by atoms with Crippen molar-refractivity contribution < 1.29 is 0 Å². The third-order valence-corrected chi connectivity index (χ3v) is 4.21. The monoisotopic (exact) mass is 263 g/mol. The number of likely N-dealkylation sites (tertiary alicyclic amines) is 1. The standard InChI is InChI=1S/C14H25N5/c1-4-11-12(15)17-10-18-13(11)16-9-14(2)5-7-19(3)8-6-14/h10H,4-9H2,1-3H3,(H3,15,16,17,18). The van der Waals surface area contributed by atoms with E-state index in [1.165, 1.54) is 32.3 Å². The number of hydrogen-bond acceptors (Lipinski definition) is 5. The number of nitrogen functional groups attached to an aromatic ring is 1. The molecule has 0 aliphatic carbocycles. The first kappa shape index (κ1) is 14.1. The van der Waals surface area contributed by atoms with E-state index in [1.54, 1.807) is 0 Å². The molecule has 3 N–H and O–H groups in total. The molecule has 0 atom stereocenters. The Morgan fingerprint density at radius 1 is 1.37 bits per heavy atom. The lowest BCUT2D eigenvalue weighted by molar-refractivity contribution is 0.150. The quantitative estimate of drug-likeness (QED) is 0.866. The zero-order valence-corrected chi connectivity index (χ0v) is 12.2. The van der Waals surface area contributed by atoms with Crippen LogP contribution >= 0.6 is 0 Å². The predicted molar refractivity (Wildman–Crippen MR) is 79.2 cm³/mol. The third kappa shape index (κ3) is 3.35. The first-order valence-corrected chi connectivity index (χ1v) is 7.06. The van der Waals surface area contributed by atoms with E-state index in [9.17, 15) is 0 Å². The Labute approximate surface area is 115 Å². The van der Waals surface area contributed by atoms with E-state index in [1.807, 2.05) is 0 Å². The average Bonchev–Trinajstić information content (AvgIpc) is 2.40. The normalized spacial score (nSPS) is 19.3. The van der Waals surface area contributed by atoms with Crippen molar-refractivity contribution in [2.24, 2.45) is 5.41 Å². The summed E-state index contributed by atoms with van der Waals surface area (Å²) in [5.74, 6) is 1.49. The highest BCUT2D eigenvalue weighted by atomic mass is 15.1. The van der Waals surface area contributed by atoms with E-state index < -0.39 is 0 Å². The Kier molecular flexibility index (Phi) is 4.24. The number of nitrogens with zero attached hydrogens (tertiary/aromatic N) is 3. The fourth-order valence-corrected chi connectivity index (χ4v) is 2.56. The Bertz CT molecular complexity index is 424. The van der Waals surface area contributed by atoms with Gasteiger partial charge in [-0.25, -0.2) is 9.97 Å². The molecule has 0 spiro atoms. The van der Waals surface area contributed by atoms with Crippen molar-refractivity contribution in [1.29, 1.82) is 0 Å². The summed E-state index contributed by atoms with van der Waals surface area (Å²) in [6, 6.07) is 0. The van der Waals surface area contributed by atoms with Gasteiger partial charge >= 0.3 is 0 Å². The highest BCUT2D eigenvalue weighted by Crippen LogP contribution is 2.31. The average molecular weight is 263 g/mol. The van der Waals surface area contributed by atoms with E-state index in [0.717, 1.165) is 24.3 Å². The van der Waals surface area contributed by atoms with Crippen LogP contribution in [0.1, 0.15) is 32.3 Å². The molecule has 5 nitrogen and oxygen atoms in total. The maximum atomic E-state index is 5.89. The van der Waals surface area contributed by atoms with Gasteiger partial charge in [0, 0.05) is 12.1 Å². The van der Waals surface area contributed by atoms with Crippen LogP contribution in [0.25, 0.3) is 0 Å². The molecule has 1 aromatic rings. The minimum atomic E-state index is 0.344. The Morgan fingerprint density at radius 2 is 2.05 bits per heavy atom. The molecule has 1 saturated heterocycles. The van der Waals surface area contributed by atoms with Crippen LogP contribution < -0.4 is 11.1 Å². The van der Waals surface area contributed by atoms with E-state index in [-0.39, 0.29) is 0 Å². The topological polar surface area (TPSA) is 67.1 Å². The van der Waals surface area contributed by atoms with Gasteiger partial charge < -0.3 is 16.0 Å². The molecule has 1 aliphatic heterocycles. The Morgan fingerprint density at radius 3 is 2.68 bits per heavy atom. The van der Waals surface area contributed by atoms with Crippen molar-refractivity contribution in [2.45, 2.75) is 33.1 Å². The van der Waals surface area contributed by atoms with Crippen LogP contribution in [0.2, 0.25) is 0 Å². The van der Waals surface area contributed by atoms with Crippen molar-refractivity contribution in [3.8, 4) is 0 Å². The molecule has 0 amide bonds. The minimum Gasteiger partial charge on any atom is -0.383 e. The van der Waals surface area contributed by atoms with Gasteiger partial charge in [0.25, 0.3) is 0 Å². The van der Waals surface area contributed by atoms with Crippen LogP contribution in [0.3, 0.4) is 0 Å². The highest BCUT2D eigenvalue weighted by Gasteiger charge is 2.28. The summed E-state index contributed by atoms with van der Waals surface area (Å²) in [6.07, 6.45) is 4.83. The van der Waals surface area contributed by atoms with Gasteiger partial charge in [-0.3, -0.25) is 0 Å². The molecule has 1 fully saturated rings. The largest absolute Gasteiger partial charge is 0.383 e. The van der Waals surface area contributed by atoms with Gasteiger partial charge in [-0.05, 0) is 44.8 Å². The molecule has 2 heterocycles. The summed E-state index contributed by atoms with van der Waals surface area (Å²) in [4.78, 5) is 10.8. The molecule has 0 radical (unpaired) electrons. The first-order chi connectivity index (χ1) is 9.04. The smallest absolute Gasteiger partial charge is 0.134 e. The number of piperidine rings is 1. The maximum Gasteiger partial charge on any atom is 0.134 e. The van der Waals surface area contributed by atoms with Gasteiger partial charge in [0.2, 0.25) is 0 Å². The van der Waals surface area contributed by atoms with Crippen LogP contribution in [0.5, 0.6) is 0 Å². The third-order valence-electron chi connectivity index (χ3n) is 4.21. The molecule has 106 valence electrons. The van der Waals surface area contributed by atoms with Crippen LogP contribution in [0.4, 0.5) is 11.6 Å². The molecule has 5 heteroatoms. The molecule has 2 rings (SSSR count). The second-order valence-corrected chi connectivity index (χ2v) is 5.91. The molecule has 0 bridgehead atoms. The maximum absolute atomic E-state index is 5.89. The summed E-state index contributed by atoms with van der Waals surface area (Å²) in [5.41, 5.74) is 7.27. The van der Waals surface area contributed by atoms with Gasteiger partial charge in [0.05, 0.1) is 0 Å². The van der Waals surface area contributed by atoms with Gasteiger partial charge in [0.15, 0.2) is 0 Å². The molecule has 1 aromatic heterocycles. The highest BCUT2D eigenvalue weighted by molar-refractivity contribution is 5.54. The van der Waals surface area contributed by atoms with Crippen molar-refractivity contribution in [2.75, 3.05) is 37.7 Å². The summed E-state index contributed by atoms with van der Waals surface area (Å²) in [7, 11) is 2.19. The Hall–Kier alpha value is -1.36. The molecule has 0 saturated carbocycles. The van der Waals surface area contributed by atoms with Gasteiger partial charge in [-0.1, -0.05) is 13.8 Å². The summed E-state index contributed by atoms with van der Waals surface area (Å²) in [5, 5.41) is 3.48. The van der Waals surface area contributed by atoms with Crippen molar-refractivity contribution in [3.63, 3.8) is 0 Å². The lowest BCUT2D eigenvalue weighted by Crippen LogP contribution is -2.40. The molecule has 19 heavy (non-hydrogen) atoms. The summed E-state index contributed by atoms with van der Waals surface area (Å²) in [6.45, 7) is 7.72. The van der Waals surface area contributed by atoms with E-state index in [2.05, 4.69) is 41.1 Å². The number of anilines is 2. The number of rotatable bonds is 4. The lowest BCUT2D eigenvalue weighted by atomic mass is 9.80. The van der Waals surface area contributed by atoms with Gasteiger partial charge in [-0.2, -0.15) is 0 Å². The van der Waals surface area contributed by atoms with Crippen LogP contribution in [0.15, 0.2) is 6.33 Å². The fourth-order valence-electron chi connectivity index (χ4n) is 2.56. The fraction of sp³-hybridized carbons (Fsp3) is 0.714. The number of aromatic nitrogens is 2. The molecular formula is C14H25N5. The zero-order valence-electron chi connectivity index (χ0n) is 12.2. The summed E-state index contributed by atoms with van der Waals surface area (Å²) >= 11 is 0. The molecule has 0 unspecified atom stereocenters. The molecular weight excluding hydrogens is 238 g/mol. The zero-order chi connectivity index (χ0) is 13.9. The number of nitrogens with one attached hydrogen (secondary N) is 1. The van der Waals surface area contributed by atoms with Crippen molar-refractivity contribution in [1.82, 2.24) is 14.9 Å². The van der Waals surface area contributed by atoms with Crippen molar-refractivity contribution in [3.05, 3.63) is 11.9 Å². The number of hydrogen-bond donors (Lipinski definition) is 2. The first-order valence-electron chi connectivity index (χ1n) is 7.06. The molecule has 0 aromatic carbocycles. The van der Waals surface area contributed by atoms with E-state index in [4.69, 9.17) is 5.73 Å². The Balaban J connectivity index is 2.01. The minimum absolute atomic E-state index is 0.344. The second-order valence-electron chi connectivity index (χ2n) is 5.91. The number of nitrogens with two attached hydrogens (primary N) is 1. The van der Waals surface area contributed by atoms with Crippen LogP contribution in [-0.2, 0) is 6.42 Å².